The van der Waals surface area contributed by atoms with Gasteiger partial charge in [0.25, 0.3) is 5.91 Å². The van der Waals surface area contributed by atoms with Crippen LogP contribution in [0.3, 0.4) is 0 Å². The van der Waals surface area contributed by atoms with Gasteiger partial charge in [0.1, 0.15) is 5.75 Å². The summed E-state index contributed by atoms with van der Waals surface area (Å²) >= 11 is 6.15. The van der Waals surface area contributed by atoms with Crippen molar-refractivity contribution in [1.82, 2.24) is 15.0 Å². The summed E-state index contributed by atoms with van der Waals surface area (Å²) in [6.45, 7) is 4.38. The molecule has 0 radical (unpaired) electrons. The first kappa shape index (κ1) is 19.9. The van der Waals surface area contributed by atoms with Crippen LogP contribution in [0.5, 0.6) is 5.75 Å². The molecule has 0 bridgehead atoms. The molecule has 0 saturated heterocycles. The van der Waals surface area contributed by atoms with Gasteiger partial charge in [0.15, 0.2) is 6.61 Å². The van der Waals surface area contributed by atoms with Gasteiger partial charge in [-0.3, -0.25) is 4.79 Å². The molecule has 0 fully saturated rings. The molecule has 0 N–H and O–H groups in total. The third-order valence-corrected chi connectivity index (χ3v) is 4.62. The highest BCUT2D eigenvalue weighted by Gasteiger charge is 2.16. The van der Waals surface area contributed by atoms with Crippen molar-refractivity contribution in [2.45, 2.75) is 26.3 Å². The molecule has 0 saturated carbocycles. The number of hydrogen-bond acceptors (Lipinski definition) is 5. The van der Waals surface area contributed by atoms with E-state index in [0.717, 1.165) is 0 Å². The van der Waals surface area contributed by atoms with Crippen molar-refractivity contribution in [3.8, 4) is 17.1 Å². The van der Waals surface area contributed by atoms with Crippen LogP contribution in [0, 0.1) is 0 Å². The third-order valence-electron chi connectivity index (χ3n) is 4.29. The van der Waals surface area contributed by atoms with E-state index in [9.17, 15) is 4.79 Å². The molecule has 0 aliphatic heterocycles. The van der Waals surface area contributed by atoms with Crippen LogP contribution in [-0.2, 0) is 11.3 Å². The van der Waals surface area contributed by atoms with Gasteiger partial charge in [0.05, 0.1) is 11.6 Å². The third kappa shape index (κ3) is 4.89. The average molecular weight is 400 g/mol. The van der Waals surface area contributed by atoms with E-state index < -0.39 is 0 Å². The van der Waals surface area contributed by atoms with Crippen LogP contribution in [0.1, 0.15) is 31.2 Å². The largest absolute Gasteiger partial charge is 0.484 e. The maximum atomic E-state index is 12.3. The molecular weight excluding hydrogens is 378 g/mol. The first-order valence-electron chi connectivity index (χ1n) is 8.98. The van der Waals surface area contributed by atoms with Crippen LogP contribution in [0.4, 0.5) is 0 Å². The minimum atomic E-state index is -0.189. The summed E-state index contributed by atoms with van der Waals surface area (Å²) in [6, 6.07) is 15.0. The number of rotatable bonds is 7. The summed E-state index contributed by atoms with van der Waals surface area (Å²) < 4.78 is 10.8. The van der Waals surface area contributed by atoms with Crippen LogP contribution in [0.2, 0.25) is 5.02 Å². The van der Waals surface area contributed by atoms with Gasteiger partial charge < -0.3 is 14.2 Å². The average Bonchev–Trinajstić information content (AvgIpc) is 3.14. The molecule has 0 aliphatic carbocycles. The van der Waals surface area contributed by atoms with Gasteiger partial charge >= 0.3 is 0 Å². The lowest BCUT2D eigenvalue weighted by Crippen LogP contribution is -2.31. The van der Waals surface area contributed by atoms with Crippen LogP contribution in [0.15, 0.2) is 53.1 Å². The van der Waals surface area contributed by atoms with Gasteiger partial charge in [-0.2, -0.15) is 4.98 Å². The van der Waals surface area contributed by atoms with Crippen molar-refractivity contribution >= 4 is 17.5 Å². The van der Waals surface area contributed by atoms with E-state index in [0.29, 0.717) is 34.0 Å². The van der Waals surface area contributed by atoms with Crippen molar-refractivity contribution in [3.05, 3.63) is 65.0 Å². The molecule has 0 atom stereocenters. The zero-order valence-corrected chi connectivity index (χ0v) is 16.8. The molecule has 3 rings (SSSR count). The van der Waals surface area contributed by atoms with Crippen LogP contribution in [0.25, 0.3) is 11.4 Å². The number of aromatic nitrogens is 2. The first-order chi connectivity index (χ1) is 13.4. The van der Waals surface area contributed by atoms with Crippen molar-refractivity contribution < 1.29 is 14.1 Å². The van der Waals surface area contributed by atoms with E-state index in [-0.39, 0.29) is 19.1 Å². The summed E-state index contributed by atoms with van der Waals surface area (Å²) in [5, 5.41) is 4.47. The SMILES string of the molecule is CC(C)c1ccc(OCC(=O)N(C)Cc2nc(-c3ccccc3Cl)no2)cc1. The van der Waals surface area contributed by atoms with Gasteiger partial charge in [-0.15, -0.1) is 0 Å². The lowest BCUT2D eigenvalue weighted by molar-refractivity contribution is -0.132. The quantitative estimate of drug-likeness (QED) is 0.583. The summed E-state index contributed by atoms with van der Waals surface area (Å²) in [5.74, 6) is 1.64. The summed E-state index contributed by atoms with van der Waals surface area (Å²) in [7, 11) is 1.66. The lowest BCUT2D eigenvalue weighted by Gasteiger charge is -2.15. The maximum absolute atomic E-state index is 12.3. The maximum Gasteiger partial charge on any atom is 0.260 e. The summed E-state index contributed by atoms with van der Waals surface area (Å²) in [6.07, 6.45) is 0. The van der Waals surface area contributed by atoms with E-state index in [1.165, 1.54) is 10.5 Å². The van der Waals surface area contributed by atoms with Crippen molar-refractivity contribution in [2.24, 2.45) is 0 Å². The molecule has 0 aliphatic rings. The minimum absolute atomic E-state index is 0.0664. The Morgan fingerprint density at radius 1 is 1.18 bits per heavy atom. The van der Waals surface area contributed by atoms with E-state index in [1.807, 2.05) is 42.5 Å². The second-order valence-corrected chi connectivity index (χ2v) is 7.16. The second kappa shape index (κ2) is 8.89. The van der Waals surface area contributed by atoms with Gasteiger partial charge in [-0.1, -0.05) is 54.9 Å². The van der Waals surface area contributed by atoms with Crippen LogP contribution in [-0.4, -0.2) is 34.6 Å². The highest BCUT2D eigenvalue weighted by Crippen LogP contribution is 2.25. The number of nitrogens with zero attached hydrogens (tertiary/aromatic N) is 3. The van der Waals surface area contributed by atoms with E-state index in [4.69, 9.17) is 20.9 Å². The van der Waals surface area contributed by atoms with E-state index >= 15 is 0 Å². The number of halogens is 1. The number of amides is 1. The molecule has 0 unspecified atom stereocenters. The van der Waals surface area contributed by atoms with Gasteiger partial charge in [-0.25, -0.2) is 0 Å². The van der Waals surface area contributed by atoms with Crippen molar-refractivity contribution in [3.63, 3.8) is 0 Å². The molecule has 146 valence electrons. The highest BCUT2D eigenvalue weighted by atomic mass is 35.5. The molecule has 1 aromatic heterocycles. The molecule has 2 aromatic carbocycles. The normalized spacial score (nSPS) is 10.9. The zero-order chi connectivity index (χ0) is 20.1. The van der Waals surface area contributed by atoms with Gasteiger partial charge in [0, 0.05) is 12.6 Å². The Labute approximate surface area is 169 Å². The Hall–Kier alpha value is -2.86. The van der Waals surface area contributed by atoms with E-state index in [2.05, 4.69) is 24.0 Å². The number of carbonyl (C=O) groups is 1. The van der Waals surface area contributed by atoms with Crippen LogP contribution >= 0.6 is 11.6 Å². The lowest BCUT2D eigenvalue weighted by atomic mass is 10.0. The summed E-state index contributed by atoms with van der Waals surface area (Å²) in [4.78, 5) is 18.1. The zero-order valence-electron chi connectivity index (χ0n) is 16.1. The number of likely N-dealkylation sites (N-methyl/N-ethyl adjacent to an activating group) is 1. The number of ether oxygens (including phenoxy) is 1. The van der Waals surface area contributed by atoms with Crippen LogP contribution < -0.4 is 4.74 Å². The topological polar surface area (TPSA) is 68.5 Å². The fourth-order valence-corrected chi connectivity index (χ4v) is 2.79. The Kier molecular flexibility index (Phi) is 6.31. The Morgan fingerprint density at radius 2 is 1.89 bits per heavy atom. The molecule has 7 heteroatoms. The molecule has 28 heavy (non-hydrogen) atoms. The Morgan fingerprint density at radius 3 is 2.57 bits per heavy atom. The molecule has 1 heterocycles. The first-order valence-corrected chi connectivity index (χ1v) is 9.36. The molecule has 0 spiro atoms. The minimum Gasteiger partial charge on any atom is -0.484 e. The predicted molar refractivity (Wildman–Crippen MR) is 107 cm³/mol. The molecular formula is C21H22ClN3O3. The molecule has 3 aromatic rings. The predicted octanol–water partition coefficient (Wildman–Crippen LogP) is 4.55. The highest BCUT2D eigenvalue weighted by molar-refractivity contribution is 6.33. The number of carbonyl (C=O) groups excluding carboxylic acids is 1. The number of benzene rings is 2. The Balaban J connectivity index is 1.55. The molecule has 6 nitrogen and oxygen atoms in total. The monoisotopic (exact) mass is 399 g/mol. The standard InChI is InChI=1S/C21H22ClN3O3/c1-14(2)15-8-10-16(11-9-15)27-13-20(26)25(3)12-19-23-21(24-28-19)17-6-4-5-7-18(17)22/h4-11,14H,12-13H2,1-3H3. The van der Waals surface area contributed by atoms with Crippen molar-refractivity contribution in [1.29, 1.82) is 0 Å². The van der Waals surface area contributed by atoms with Gasteiger partial charge in [-0.05, 0) is 35.7 Å². The fraction of sp³-hybridized carbons (Fsp3) is 0.286. The summed E-state index contributed by atoms with van der Waals surface area (Å²) in [5.41, 5.74) is 1.91. The molecule has 1 amide bonds. The van der Waals surface area contributed by atoms with E-state index in [1.54, 1.807) is 13.1 Å². The number of hydrogen-bond donors (Lipinski definition) is 0. The van der Waals surface area contributed by atoms with Gasteiger partial charge in [0.2, 0.25) is 11.7 Å². The second-order valence-electron chi connectivity index (χ2n) is 6.75. The Bertz CT molecular complexity index is 938. The van der Waals surface area contributed by atoms with Crippen molar-refractivity contribution in [2.75, 3.05) is 13.7 Å². The fourth-order valence-electron chi connectivity index (χ4n) is 2.57. The smallest absolute Gasteiger partial charge is 0.260 e.